The number of benzene rings is 1. The number of aromatic amines is 1. The van der Waals surface area contributed by atoms with Gasteiger partial charge in [-0.2, -0.15) is 0 Å². The molecule has 98 valence electrons. The van der Waals surface area contributed by atoms with E-state index in [4.69, 9.17) is 10.2 Å². The minimum atomic E-state index is -0.410. The Kier molecular flexibility index (Phi) is 4.17. The molecule has 0 aliphatic heterocycles. The van der Waals surface area contributed by atoms with Gasteiger partial charge < -0.3 is 15.5 Å². The first-order valence-electron chi connectivity index (χ1n) is 6.23. The third-order valence-corrected chi connectivity index (χ3v) is 2.83. The molecule has 0 amide bonds. The van der Waals surface area contributed by atoms with Crippen molar-refractivity contribution in [1.82, 2.24) is 10.3 Å². The van der Waals surface area contributed by atoms with Gasteiger partial charge >= 0.3 is 5.76 Å². The van der Waals surface area contributed by atoms with Crippen molar-refractivity contribution in [3.05, 3.63) is 34.3 Å². The number of oxazole rings is 1. The van der Waals surface area contributed by atoms with E-state index in [2.05, 4.69) is 10.3 Å². The molecule has 0 aliphatic carbocycles. The van der Waals surface area contributed by atoms with E-state index in [9.17, 15) is 4.79 Å². The number of H-pyrrole nitrogens is 1. The minimum Gasteiger partial charge on any atom is -0.408 e. The van der Waals surface area contributed by atoms with Crippen LogP contribution in [-0.4, -0.2) is 17.6 Å². The smallest absolute Gasteiger partial charge is 0.408 e. The van der Waals surface area contributed by atoms with Gasteiger partial charge in [0, 0.05) is 12.6 Å². The van der Waals surface area contributed by atoms with Crippen LogP contribution in [0.15, 0.2) is 27.4 Å². The Morgan fingerprint density at radius 2 is 2.33 bits per heavy atom. The van der Waals surface area contributed by atoms with E-state index in [0.717, 1.165) is 37.0 Å². The largest absolute Gasteiger partial charge is 0.417 e. The zero-order chi connectivity index (χ0) is 13.0. The van der Waals surface area contributed by atoms with Crippen LogP contribution in [0, 0.1) is 0 Å². The highest BCUT2D eigenvalue weighted by atomic mass is 16.4. The Morgan fingerprint density at radius 1 is 1.50 bits per heavy atom. The van der Waals surface area contributed by atoms with Gasteiger partial charge in [-0.15, -0.1) is 0 Å². The van der Waals surface area contributed by atoms with Gasteiger partial charge in [-0.25, -0.2) is 4.79 Å². The van der Waals surface area contributed by atoms with Crippen LogP contribution in [0.1, 0.15) is 25.3 Å². The second-order valence-corrected chi connectivity index (χ2v) is 4.64. The van der Waals surface area contributed by atoms with Crippen LogP contribution >= 0.6 is 0 Å². The maximum absolute atomic E-state index is 11.0. The molecule has 1 aromatic carbocycles. The molecule has 0 saturated carbocycles. The Hall–Kier alpha value is -1.59. The maximum atomic E-state index is 11.0. The van der Waals surface area contributed by atoms with Crippen LogP contribution in [0.3, 0.4) is 0 Å². The molecule has 1 aromatic heterocycles. The molecule has 5 heteroatoms. The molecule has 0 aliphatic rings. The van der Waals surface area contributed by atoms with Crippen molar-refractivity contribution in [2.75, 3.05) is 6.54 Å². The highest BCUT2D eigenvalue weighted by Gasteiger charge is 2.02. The molecular weight excluding hydrogens is 230 g/mol. The summed E-state index contributed by atoms with van der Waals surface area (Å²) in [6, 6.07) is 5.98. The number of nitrogens with two attached hydrogens (primary N) is 1. The van der Waals surface area contributed by atoms with Gasteiger partial charge in [0.05, 0.1) is 5.52 Å². The molecule has 0 spiro atoms. The minimum absolute atomic E-state index is 0.261. The Balaban J connectivity index is 1.86. The Labute approximate surface area is 105 Å². The van der Waals surface area contributed by atoms with E-state index in [1.807, 2.05) is 25.1 Å². The molecule has 18 heavy (non-hydrogen) atoms. The average molecular weight is 249 g/mol. The molecule has 1 heterocycles. The summed E-state index contributed by atoms with van der Waals surface area (Å²) in [6.45, 7) is 3.72. The number of fused-ring (bicyclic) bond motifs is 1. The second-order valence-electron chi connectivity index (χ2n) is 4.64. The topological polar surface area (TPSA) is 84.0 Å². The number of rotatable bonds is 6. The van der Waals surface area contributed by atoms with Crippen molar-refractivity contribution in [3.8, 4) is 0 Å². The lowest BCUT2D eigenvalue weighted by molar-refractivity contribution is 0.553. The van der Waals surface area contributed by atoms with Crippen LogP contribution in [0.5, 0.6) is 0 Å². The molecule has 1 unspecified atom stereocenters. The number of hydrogen-bond donors (Lipinski definition) is 3. The molecule has 0 fully saturated rings. The normalized spacial score (nSPS) is 13.0. The highest BCUT2D eigenvalue weighted by Crippen LogP contribution is 2.12. The van der Waals surface area contributed by atoms with Gasteiger partial charge in [0.15, 0.2) is 5.58 Å². The number of hydrogen-bond acceptors (Lipinski definition) is 4. The number of nitrogens with one attached hydrogen (secondary N) is 2. The standard InChI is InChI=1S/C13H19N3O2/c1-9(14)3-2-6-15-8-10-4-5-11-12(7-10)18-13(17)16-11/h4-5,7,9,15H,2-3,6,8,14H2,1H3,(H,16,17). The van der Waals surface area contributed by atoms with Crippen molar-refractivity contribution in [1.29, 1.82) is 0 Å². The zero-order valence-electron chi connectivity index (χ0n) is 10.5. The molecule has 0 saturated heterocycles. The maximum Gasteiger partial charge on any atom is 0.417 e. The first kappa shape index (κ1) is 12.9. The molecule has 0 radical (unpaired) electrons. The molecular formula is C13H19N3O2. The van der Waals surface area contributed by atoms with Gasteiger partial charge in [-0.05, 0) is 44.0 Å². The van der Waals surface area contributed by atoms with Gasteiger partial charge in [0.1, 0.15) is 0 Å². The van der Waals surface area contributed by atoms with Crippen molar-refractivity contribution < 1.29 is 4.42 Å². The fourth-order valence-electron chi connectivity index (χ4n) is 1.88. The molecule has 4 N–H and O–H groups in total. The van der Waals surface area contributed by atoms with Crippen LogP contribution in [0.2, 0.25) is 0 Å². The lowest BCUT2D eigenvalue weighted by Gasteiger charge is -2.06. The third-order valence-electron chi connectivity index (χ3n) is 2.83. The van der Waals surface area contributed by atoms with Gasteiger partial charge in [-0.3, -0.25) is 4.98 Å². The summed E-state index contributed by atoms with van der Waals surface area (Å²) in [7, 11) is 0. The van der Waals surface area contributed by atoms with Crippen molar-refractivity contribution in [2.24, 2.45) is 5.73 Å². The van der Waals surface area contributed by atoms with E-state index in [-0.39, 0.29) is 6.04 Å². The molecule has 5 nitrogen and oxygen atoms in total. The summed E-state index contributed by atoms with van der Waals surface area (Å²) in [6.07, 6.45) is 2.10. The summed E-state index contributed by atoms with van der Waals surface area (Å²) in [5.74, 6) is -0.410. The average Bonchev–Trinajstić information content (AvgIpc) is 2.67. The van der Waals surface area contributed by atoms with E-state index < -0.39 is 5.76 Å². The predicted molar refractivity (Wildman–Crippen MR) is 71.4 cm³/mol. The lowest BCUT2D eigenvalue weighted by Crippen LogP contribution is -2.19. The first-order valence-corrected chi connectivity index (χ1v) is 6.23. The summed E-state index contributed by atoms with van der Waals surface area (Å²) in [5, 5.41) is 3.34. The fraction of sp³-hybridized carbons (Fsp3) is 0.462. The summed E-state index contributed by atoms with van der Waals surface area (Å²) < 4.78 is 5.01. The summed E-state index contributed by atoms with van der Waals surface area (Å²) in [4.78, 5) is 13.6. The van der Waals surface area contributed by atoms with E-state index in [1.54, 1.807) is 0 Å². The SMILES string of the molecule is CC(N)CCCNCc1ccc2[nH]c(=O)oc2c1. The van der Waals surface area contributed by atoms with Gasteiger partial charge in [0.25, 0.3) is 0 Å². The monoisotopic (exact) mass is 249 g/mol. The first-order chi connectivity index (χ1) is 8.65. The Morgan fingerprint density at radius 3 is 3.11 bits per heavy atom. The van der Waals surface area contributed by atoms with E-state index >= 15 is 0 Å². The summed E-state index contributed by atoms with van der Waals surface area (Å²) >= 11 is 0. The predicted octanol–water partition coefficient (Wildman–Crippen LogP) is 1.34. The molecule has 0 bridgehead atoms. The van der Waals surface area contributed by atoms with Gasteiger partial charge in [-0.1, -0.05) is 6.07 Å². The highest BCUT2D eigenvalue weighted by molar-refractivity contribution is 5.72. The van der Waals surface area contributed by atoms with Crippen LogP contribution in [-0.2, 0) is 6.54 Å². The van der Waals surface area contributed by atoms with Crippen molar-refractivity contribution >= 4 is 11.1 Å². The van der Waals surface area contributed by atoms with E-state index in [0.29, 0.717) is 5.58 Å². The second kappa shape index (κ2) is 5.84. The third kappa shape index (κ3) is 3.45. The number of aromatic nitrogens is 1. The van der Waals surface area contributed by atoms with Crippen LogP contribution in [0.4, 0.5) is 0 Å². The lowest BCUT2D eigenvalue weighted by atomic mass is 10.2. The van der Waals surface area contributed by atoms with Crippen LogP contribution in [0.25, 0.3) is 11.1 Å². The Bertz CT molecular complexity index is 557. The molecule has 1 atom stereocenters. The van der Waals surface area contributed by atoms with Gasteiger partial charge in [0.2, 0.25) is 0 Å². The molecule has 2 rings (SSSR count). The fourth-order valence-corrected chi connectivity index (χ4v) is 1.88. The van der Waals surface area contributed by atoms with Crippen molar-refractivity contribution in [3.63, 3.8) is 0 Å². The van der Waals surface area contributed by atoms with E-state index in [1.165, 1.54) is 0 Å². The quantitative estimate of drug-likeness (QED) is 0.674. The zero-order valence-corrected chi connectivity index (χ0v) is 10.5. The summed E-state index contributed by atoms with van der Waals surface area (Å²) in [5.41, 5.74) is 8.12. The van der Waals surface area contributed by atoms with Crippen molar-refractivity contribution in [2.45, 2.75) is 32.4 Å². The molecule has 2 aromatic rings. The van der Waals surface area contributed by atoms with Crippen LogP contribution < -0.4 is 16.8 Å².